The summed E-state index contributed by atoms with van der Waals surface area (Å²) < 4.78 is 11.0. The molecule has 144 valence electrons. The van der Waals surface area contributed by atoms with Crippen molar-refractivity contribution >= 4 is 23.4 Å². The Morgan fingerprint density at radius 1 is 1.19 bits per heavy atom. The molecule has 0 bridgehead atoms. The maximum absolute atomic E-state index is 12.6. The summed E-state index contributed by atoms with van der Waals surface area (Å²) >= 11 is 1.97. The van der Waals surface area contributed by atoms with E-state index in [1.54, 1.807) is 12.1 Å². The number of hydrogen-bond acceptors (Lipinski definition) is 4. The number of carbonyl (C=O) groups is 1. The Hall–Kier alpha value is -1.98. The first kappa shape index (κ1) is 19.8. The van der Waals surface area contributed by atoms with Gasteiger partial charge in [0, 0.05) is 35.5 Å². The lowest BCUT2D eigenvalue weighted by Crippen LogP contribution is -2.17. The highest BCUT2D eigenvalue weighted by atomic mass is 32.2. The fourth-order valence-corrected chi connectivity index (χ4v) is 4.08. The van der Waals surface area contributed by atoms with Crippen LogP contribution in [0.1, 0.15) is 42.1 Å². The van der Waals surface area contributed by atoms with Crippen molar-refractivity contribution in [3.05, 3.63) is 59.7 Å². The quantitative estimate of drug-likeness (QED) is 0.683. The number of anilines is 1. The van der Waals surface area contributed by atoms with Gasteiger partial charge in [-0.1, -0.05) is 25.1 Å². The van der Waals surface area contributed by atoms with Crippen LogP contribution in [-0.4, -0.2) is 31.0 Å². The molecule has 0 unspecified atom stereocenters. The van der Waals surface area contributed by atoms with E-state index in [0.717, 1.165) is 49.7 Å². The molecule has 27 heavy (non-hydrogen) atoms. The van der Waals surface area contributed by atoms with E-state index in [4.69, 9.17) is 9.47 Å². The standard InChI is InChI=1S/C22H27NO3S/c1-2-11-26-20-8-4-6-18(15-20)22(24)23-19-7-3-5-17(14-19)16-27-21-9-12-25-13-10-21/h3-8,14-15,21H,2,9-13,16H2,1H3,(H,23,24). The van der Waals surface area contributed by atoms with Crippen LogP contribution in [0.25, 0.3) is 0 Å². The third-order valence-corrected chi connectivity index (χ3v) is 5.85. The monoisotopic (exact) mass is 385 g/mol. The third kappa shape index (κ3) is 6.29. The lowest BCUT2D eigenvalue weighted by molar-refractivity contribution is 0.1000. The van der Waals surface area contributed by atoms with Gasteiger partial charge in [0.05, 0.1) is 6.61 Å². The second kappa shape index (κ2) is 10.4. The Bertz CT molecular complexity index is 744. The van der Waals surface area contributed by atoms with Crippen LogP contribution in [-0.2, 0) is 10.5 Å². The summed E-state index contributed by atoms with van der Waals surface area (Å²) in [6.45, 7) is 4.45. The van der Waals surface area contributed by atoms with Gasteiger partial charge in [0.2, 0.25) is 0 Å². The molecule has 1 fully saturated rings. The van der Waals surface area contributed by atoms with E-state index >= 15 is 0 Å². The number of benzene rings is 2. The molecule has 1 saturated heterocycles. The first-order valence-corrected chi connectivity index (χ1v) is 10.6. The Balaban J connectivity index is 1.57. The van der Waals surface area contributed by atoms with Crippen molar-refractivity contribution in [2.24, 2.45) is 0 Å². The van der Waals surface area contributed by atoms with Crippen LogP contribution in [0, 0.1) is 0 Å². The van der Waals surface area contributed by atoms with Crippen molar-refractivity contribution in [1.29, 1.82) is 0 Å². The van der Waals surface area contributed by atoms with E-state index in [1.165, 1.54) is 5.56 Å². The normalized spacial score (nSPS) is 14.7. The van der Waals surface area contributed by atoms with E-state index < -0.39 is 0 Å². The third-order valence-electron chi connectivity index (χ3n) is 4.41. The summed E-state index contributed by atoms with van der Waals surface area (Å²) in [7, 11) is 0. The molecule has 2 aromatic carbocycles. The molecule has 2 aromatic rings. The van der Waals surface area contributed by atoms with Crippen molar-refractivity contribution in [2.45, 2.75) is 37.2 Å². The molecule has 3 rings (SSSR count). The van der Waals surface area contributed by atoms with Gasteiger partial charge in [0.25, 0.3) is 5.91 Å². The van der Waals surface area contributed by atoms with Crippen LogP contribution in [0.4, 0.5) is 5.69 Å². The van der Waals surface area contributed by atoms with Gasteiger partial charge in [-0.25, -0.2) is 0 Å². The maximum Gasteiger partial charge on any atom is 0.255 e. The molecule has 1 amide bonds. The molecule has 0 saturated carbocycles. The largest absolute Gasteiger partial charge is 0.494 e. The second-order valence-electron chi connectivity index (χ2n) is 6.65. The lowest BCUT2D eigenvalue weighted by Gasteiger charge is -2.21. The molecule has 1 heterocycles. The molecule has 1 N–H and O–H groups in total. The SMILES string of the molecule is CCCOc1cccc(C(=O)Nc2cccc(CSC3CCOCC3)c2)c1. The highest BCUT2D eigenvalue weighted by molar-refractivity contribution is 7.99. The van der Waals surface area contributed by atoms with Crippen LogP contribution >= 0.6 is 11.8 Å². The molecular formula is C22H27NO3S. The molecule has 0 aliphatic carbocycles. The van der Waals surface area contributed by atoms with Crippen LogP contribution in [0.3, 0.4) is 0 Å². The van der Waals surface area contributed by atoms with Crippen molar-refractivity contribution in [3.63, 3.8) is 0 Å². The van der Waals surface area contributed by atoms with Gasteiger partial charge in [-0.2, -0.15) is 11.8 Å². The molecule has 0 radical (unpaired) electrons. The van der Waals surface area contributed by atoms with Crippen molar-refractivity contribution in [2.75, 3.05) is 25.1 Å². The molecule has 0 spiro atoms. The van der Waals surface area contributed by atoms with Gasteiger partial charge in [-0.05, 0) is 55.2 Å². The smallest absolute Gasteiger partial charge is 0.255 e. The zero-order valence-electron chi connectivity index (χ0n) is 15.8. The Morgan fingerprint density at radius 3 is 2.81 bits per heavy atom. The molecule has 0 aromatic heterocycles. The van der Waals surface area contributed by atoms with E-state index in [2.05, 4.69) is 24.4 Å². The number of rotatable bonds is 8. The topological polar surface area (TPSA) is 47.6 Å². The predicted octanol–water partition coefficient (Wildman–Crippen LogP) is 5.14. The van der Waals surface area contributed by atoms with E-state index in [-0.39, 0.29) is 5.91 Å². The van der Waals surface area contributed by atoms with Crippen molar-refractivity contribution < 1.29 is 14.3 Å². The van der Waals surface area contributed by atoms with Crippen LogP contribution in [0.15, 0.2) is 48.5 Å². The summed E-state index contributed by atoms with van der Waals surface area (Å²) in [5, 5.41) is 3.67. The molecule has 0 atom stereocenters. The molecule has 4 nitrogen and oxygen atoms in total. The summed E-state index contributed by atoms with van der Waals surface area (Å²) in [5.41, 5.74) is 2.65. The predicted molar refractivity (Wildman–Crippen MR) is 112 cm³/mol. The molecule has 5 heteroatoms. The number of nitrogens with one attached hydrogen (secondary N) is 1. The van der Waals surface area contributed by atoms with E-state index in [1.807, 2.05) is 36.0 Å². The fraction of sp³-hybridized carbons (Fsp3) is 0.409. The Morgan fingerprint density at radius 2 is 2.00 bits per heavy atom. The van der Waals surface area contributed by atoms with Gasteiger partial charge < -0.3 is 14.8 Å². The minimum Gasteiger partial charge on any atom is -0.494 e. The van der Waals surface area contributed by atoms with Crippen molar-refractivity contribution in [1.82, 2.24) is 0 Å². The zero-order valence-corrected chi connectivity index (χ0v) is 16.6. The van der Waals surface area contributed by atoms with Crippen LogP contribution in [0.5, 0.6) is 5.75 Å². The van der Waals surface area contributed by atoms with Crippen LogP contribution in [0.2, 0.25) is 0 Å². The highest BCUT2D eigenvalue weighted by Gasteiger charge is 2.14. The second-order valence-corrected chi connectivity index (χ2v) is 7.94. The Kier molecular flexibility index (Phi) is 7.60. The number of hydrogen-bond donors (Lipinski definition) is 1. The molecular weight excluding hydrogens is 358 g/mol. The number of ether oxygens (including phenoxy) is 2. The summed E-state index contributed by atoms with van der Waals surface area (Å²) in [6, 6.07) is 15.4. The van der Waals surface area contributed by atoms with Gasteiger partial charge in [-0.15, -0.1) is 0 Å². The van der Waals surface area contributed by atoms with Gasteiger partial charge in [0.15, 0.2) is 0 Å². The summed E-state index contributed by atoms with van der Waals surface area (Å²) in [6.07, 6.45) is 3.18. The van der Waals surface area contributed by atoms with Gasteiger partial charge in [0.1, 0.15) is 5.75 Å². The fourth-order valence-electron chi connectivity index (χ4n) is 2.95. The lowest BCUT2D eigenvalue weighted by atomic mass is 10.2. The first-order valence-electron chi connectivity index (χ1n) is 9.57. The minimum absolute atomic E-state index is 0.119. The zero-order chi connectivity index (χ0) is 18.9. The number of thioether (sulfide) groups is 1. The number of amides is 1. The molecule has 1 aliphatic rings. The summed E-state index contributed by atoms with van der Waals surface area (Å²) in [5.74, 6) is 1.56. The highest BCUT2D eigenvalue weighted by Crippen LogP contribution is 2.26. The van der Waals surface area contributed by atoms with E-state index in [9.17, 15) is 4.79 Å². The average molecular weight is 386 g/mol. The van der Waals surface area contributed by atoms with Gasteiger partial charge >= 0.3 is 0 Å². The van der Waals surface area contributed by atoms with Gasteiger partial charge in [-0.3, -0.25) is 4.79 Å². The number of carbonyl (C=O) groups excluding carboxylic acids is 1. The minimum atomic E-state index is -0.119. The summed E-state index contributed by atoms with van der Waals surface area (Å²) in [4.78, 5) is 12.6. The molecule has 1 aliphatic heterocycles. The van der Waals surface area contributed by atoms with Crippen LogP contribution < -0.4 is 10.1 Å². The Labute approximate surface area is 165 Å². The van der Waals surface area contributed by atoms with E-state index in [0.29, 0.717) is 17.4 Å². The maximum atomic E-state index is 12.6. The average Bonchev–Trinajstić information content (AvgIpc) is 2.72. The first-order chi connectivity index (χ1) is 13.2. The van der Waals surface area contributed by atoms with Crippen molar-refractivity contribution in [3.8, 4) is 5.75 Å².